The van der Waals surface area contributed by atoms with Crippen LogP contribution in [0.5, 0.6) is 5.88 Å². The van der Waals surface area contributed by atoms with Gasteiger partial charge in [-0.15, -0.1) is 0 Å². The van der Waals surface area contributed by atoms with Gasteiger partial charge in [0.25, 0.3) is 0 Å². The Morgan fingerprint density at radius 2 is 2.18 bits per heavy atom. The summed E-state index contributed by atoms with van der Waals surface area (Å²) in [6.07, 6.45) is 6.45. The number of nitrogens with zero attached hydrogens (tertiary/aromatic N) is 4. The number of nitrogens with one attached hydrogen (secondary N) is 1. The van der Waals surface area contributed by atoms with E-state index in [1.54, 1.807) is 41.6 Å². The molecule has 0 unspecified atom stereocenters. The first-order valence-corrected chi connectivity index (χ1v) is 6.64. The minimum Gasteiger partial charge on any atom is -0.481 e. The van der Waals surface area contributed by atoms with Crippen LogP contribution in [-0.4, -0.2) is 26.6 Å². The molecule has 0 aliphatic rings. The predicted octanol–water partition coefficient (Wildman–Crippen LogP) is 2.42. The van der Waals surface area contributed by atoms with Crippen molar-refractivity contribution in [3.63, 3.8) is 0 Å². The summed E-state index contributed by atoms with van der Waals surface area (Å²) in [4.78, 5) is 12.1. The van der Waals surface area contributed by atoms with Gasteiger partial charge < -0.3 is 14.6 Å². The lowest BCUT2D eigenvalue weighted by Crippen LogP contribution is -2.05. The van der Waals surface area contributed by atoms with Gasteiger partial charge in [0, 0.05) is 31.2 Å². The van der Waals surface area contributed by atoms with E-state index in [0.29, 0.717) is 24.1 Å². The first-order chi connectivity index (χ1) is 10.8. The molecule has 0 saturated heterocycles. The minimum absolute atomic E-state index is 0.316. The predicted molar refractivity (Wildman–Crippen MR) is 79.4 cm³/mol. The highest BCUT2D eigenvalue weighted by Gasteiger charge is 2.06. The topological polar surface area (TPSA) is 64.9 Å². The molecule has 0 radical (unpaired) electrons. The molecule has 0 spiro atoms. The second-order valence-corrected chi connectivity index (χ2v) is 4.53. The zero-order valence-corrected chi connectivity index (χ0v) is 11.9. The van der Waals surface area contributed by atoms with Crippen molar-refractivity contribution in [3.8, 4) is 11.6 Å². The molecule has 22 heavy (non-hydrogen) atoms. The van der Waals surface area contributed by atoms with Crippen LogP contribution in [-0.2, 0) is 6.54 Å². The SMILES string of the molecule is COc1ccnc(NCc2ccc(-n3ccnc3)c(F)c2)n1. The fourth-order valence-electron chi connectivity index (χ4n) is 1.99. The number of rotatable bonds is 5. The van der Waals surface area contributed by atoms with Crippen LogP contribution in [0.4, 0.5) is 10.3 Å². The first-order valence-electron chi connectivity index (χ1n) is 6.64. The number of hydrogen-bond donors (Lipinski definition) is 1. The van der Waals surface area contributed by atoms with E-state index in [9.17, 15) is 4.39 Å². The molecule has 2 aromatic heterocycles. The molecule has 3 aromatic rings. The Morgan fingerprint density at radius 1 is 1.27 bits per heavy atom. The quantitative estimate of drug-likeness (QED) is 0.784. The molecule has 0 atom stereocenters. The lowest BCUT2D eigenvalue weighted by atomic mass is 10.2. The Labute approximate surface area is 126 Å². The van der Waals surface area contributed by atoms with Gasteiger partial charge in [0.2, 0.25) is 11.8 Å². The molecule has 0 aliphatic carbocycles. The van der Waals surface area contributed by atoms with E-state index in [-0.39, 0.29) is 5.82 Å². The Kier molecular flexibility index (Phi) is 3.95. The molecule has 0 aliphatic heterocycles. The number of imidazole rings is 1. The summed E-state index contributed by atoms with van der Waals surface area (Å²) in [7, 11) is 1.54. The van der Waals surface area contributed by atoms with E-state index in [4.69, 9.17) is 4.74 Å². The van der Waals surface area contributed by atoms with E-state index in [2.05, 4.69) is 20.3 Å². The molecular weight excluding hydrogens is 285 g/mol. The third kappa shape index (κ3) is 3.03. The molecule has 2 heterocycles. The summed E-state index contributed by atoms with van der Waals surface area (Å²) in [5.41, 5.74) is 1.24. The maximum absolute atomic E-state index is 14.1. The zero-order valence-electron chi connectivity index (χ0n) is 11.9. The van der Waals surface area contributed by atoms with Crippen LogP contribution in [0.15, 0.2) is 49.2 Å². The number of methoxy groups -OCH3 is 1. The molecule has 6 nitrogen and oxygen atoms in total. The summed E-state index contributed by atoms with van der Waals surface area (Å²) in [6, 6.07) is 6.68. The van der Waals surface area contributed by atoms with Crippen LogP contribution in [0.1, 0.15) is 5.56 Å². The summed E-state index contributed by atoms with van der Waals surface area (Å²) < 4.78 is 20.8. The molecule has 0 fully saturated rings. The fourth-order valence-corrected chi connectivity index (χ4v) is 1.99. The molecule has 0 bridgehead atoms. The van der Waals surface area contributed by atoms with Crippen LogP contribution in [0.3, 0.4) is 0 Å². The second-order valence-electron chi connectivity index (χ2n) is 4.53. The van der Waals surface area contributed by atoms with Crippen molar-refractivity contribution in [2.24, 2.45) is 0 Å². The van der Waals surface area contributed by atoms with Crippen LogP contribution in [0.2, 0.25) is 0 Å². The molecular formula is C15H14FN5O. The highest BCUT2D eigenvalue weighted by Crippen LogP contribution is 2.16. The lowest BCUT2D eigenvalue weighted by Gasteiger charge is -2.08. The number of ether oxygens (including phenoxy) is 1. The lowest BCUT2D eigenvalue weighted by molar-refractivity contribution is 0.397. The van der Waals surface area contributed by atoms with Gasteiger partial charge in [-0.2, -0.15) is 4.98 Å². The summed E-state index contributed by atoms with van der Waals surface area (Å²) >= 11 is 0. The minimum atomic E-state index is -0.316. The van der Waals surface area contributed by atoms with Gasteiger partial charge >= 0.3 is 0 Å². The van der Waals surface area contributed by atoms with Crippen LogP contribution >= 0.6 is 0 Å². The van der Waals surface area contributed by atoms with Gasteiger partial charge in [0.15, 0.2) is 0 Å². The Bertz CT molecular complexity index is 760. The van der Waals surface area contributed by atoms with Gasteiger partial charge in [0.05, 0.1) is 19.1 Å². The standard InChI is InChI=1S/C15H14FN5O/c1-22-14-4-5-18-15(20-14)19-9-11-2-3-13(12(16)8-11)21-7-6-17-10-21/h2-8,10H,9H2,1H3,(H,18,19,20). The van der Waals surface area contributed by atoms with Gasteiger partial charge in [0.1, 0.15) is 5.82 Å². The normalized spacial score (nSPS) is 10.5. The van der Waals surface area contributed by atoms with Gasteiger partial charge in [-0.3, -0.25) is 0 Å². The average Bonchev–Trinajstić information content (AvgIpc) is 3.07. The van der Waals surface area contributed by atoms with Crippen LogP contribution in [0, 0.1) is 5.82 Å². The van der Waals surface area contributed by atoms with Crippen LogP contribution in [0.25, 0.3) is 5.69 Å². The number of aromatic nitrogens is 4. The summed E-state index contributed by atoms with van der Waals surface area (Å²) in [6.45, 7) is 0.411. The zero-order chi connectivity index (χ0) is 15.4. The smallest absolute Gasteiger partial charge is 0.226 e. The van der Waals surface area contributed by atoms with Crippen molar-refractivity contribution < 1.29 is 9.13 Å². The summed E-state index contributed by atoms with van der Waals surface area (Å²) in [5.74, 6) is 0.585. The van der Waals surface area contributed by atoms with Crippen molar-refractivity contribution in [1.29, 1.82) is 0 Å². The average molecular weight is 299 g/mol. The molecule has 0 saturated carbocycles. The number of anilines is 1. The van der Waals surface area contributed by atoms with E-state index >= 15 is 0 Å². The van der Waals surface area contributed by atoms with Crippen molar-refractivity contribution in [1.82, 2.24) is 19.5 Å². The van der Waals surface area contributed by atoms with E-state index < -0.39 is 0 Å². The number of halogens is 1. The van der Waals surface area contributed by atoms with E-state index in [1.165, 1.54) is 13.2 Å². The Hall–Kier alpha value is -2.96. The van der Waals surface area contributed by atoms with Crippen molar-refractivity contribution in [2.75, 3.05) is 12.4 Å². The van der Waals surface area contributed by atoms with Crippen molar-refractivity contribution in [2.45, 2.75) is 6.54 Å². The van der Waals surface area contributed by atoms with Crippen molar-refractivity contribution >= 4 is 5.95 Å². The molecule has 112 valence electrons. The third-order valence-corrected chi connectivity index (χ3v) is 3.08. The maximum Gasteiger partial charge on any atom is 0.226 e. The highest BCUT2D eigenvalue weighted by molar-refractivity contribution is 5.38. The van der Waals surface area contributed by atoms with E-state index in [0.717, 1.165) is 5.56 Å². The van der Waals surface area contributed by atoms with Gasteiger partial charge in [-0.1, -0.05) is 6.07 Å². The third-order valence-electron chi connectivity index (χ3n) is 3.08. The van der Waals surface area contributed by atoms with Crippen molar-refractivity contribution in [3.05, 3.63) is 60.6 Å². The second kappa shape index (κ2) is 6.21. The monoisotopic (exact) mass is 299 g/mol. The first kappa shape index (κ1) is 14.0. The van der Waals surface area contributed by atoms with Gasteiger partial charge in [-0.25, -0.2) is 14.4 Å². The molecule has 1 N–H and O–H groups in total. The molecule has 0 amide bonds. The molecule has 7 heteroatoms. The molecule has 3 rings (SSSR count). The Morgan fingerprint density at radius 3 is 2.91 bits per heavy atom. The number of benzene rings is 1. The fraction of sp³-hybridized carbons (Fsp3) is 0.133. The van der Waals surface area contributed by atoms with E-state index in [1.807, 2.05) is 6.07 Å². The largest absolute Gasteiger partial charge is 0.481 e. The Balaban J connectivity index is 1.72. The van der Waals surface area contributed by atoms with Gasteiger partial charge in [-0.05, 0) is 17.7 Å². The molecule has 1 aromatic carbocycles. The highest BCUT2D eigenvalue weighted by atomic mass is 19.1. The number of hydrogen-bond acceptors (Lipinski definition) is 5. The summed E-state index contributed by atoms with van der Waals surface area (Å²) in [5, 5.41) is 3.03. The maximum atomic E-state index is 14.1. The van der Waals surface area contributed by atoms with Crippen LogP contribution < -0.4 is 10.1 Å².